The highest BCUT2D eigenvalue weighted by Gasteiger charge is 2.15. The zero-order chi connectivity index (χ0) is 16.1. The van der Waals surface area contributed by atoms with Gasteiger partial charge in [-0.15, -0.1) is 0 Å². The number of carboxylic acid groups (broad SMARTS) is 1. The Balaban J connectivity index is 3.78. The Morgan fingerprint density at radius 3 is 2.48 bits per heavy atom. The minimum absolute atomic E-state index is 0.0267. The average Bonchev–Trinajstić information content (AvgIpc) is 2.38. The molecule has 0 rings (SSSR count). The number of rotatable bonds is 12. The first-order chi connectivity index (χ1) is 9.95. The molecule has 0 heterocycles. The van der Waals surface area contributed by atoms with Crippen LogP contribution in [0.25, 0.3) is 0 Å². The van der Waals surface area contributed by atoms with Gasteiger partial charge in [-0.25, -0.2) is 4.79 Å². The lowest BCUT2D eigenvalue weighted by Crippen LogP contribution is -2.39. The van der Waals surface area contributed by atoms with E-state index in [1.807, 2.05) is 13.8 Å². The number of hydrogen-bond donors (Lipinski definition) is 3. The average molecular weight is 302 g/mol. The van der Waals surface area contributed by atoms with Crippen molar-refractivity contribution in [2.75, 3.05) is 26.3 Å². The minimum atomic E-state index is -0.823. The van der Waals surface area contributed by atoms with Crippen LogP contribution in [0.15, 0.2) is 0 Å². The summed E-state index contributed by atoms with van der Waals surface area (Å²) in [6, 6.07) is -0.246. The van der Waals surface area contributed by atoms with Crippen LogP contribution >= 0.6 is 0 Å². The van der Waals surface area contributed by atoms with Crippen molar-refractivity contribution < 1.29 is 19.4 Å². The third-order valence-electron chi connectivity index (χ3n) is 2.92. The van der Waals surface area contributed by atoms with Crippen molar-refractivity contribution in [3.05, 3.63) is 0 Å². The number of carboxylic acids is 1. The van der Waals surface area contributed by atoms with Gasteiger partial charge in [0.2, 0.25) is 0 Å². The Bertz CT molecular complexity index is 295. The van der Waals surface area contributed by atoms with Crippen LogP contribution in [0.2, 0.25) is 0 Å². The second kappa shape index (κ2) is 12.4. The van der Waals surface area contributed by atoms with E-state index in [1.165, 1.54) is 0 Å². The van der Waals surface area contributed by atoms with E-state index in [9.17, 15) is 9.59 Å². The first kappa shape index (κ1) is 19.7. The van der Waals surface area contributed by atoms with Crippen LogP contribution in [0, 0.1) is 11.8 Å². The quantitative estimate of drug-likeness (QED) is 0.482. The Hall–Kier alpha value is -1.30. The number of aliphatic carboxylic acids is 1. The van der Waals surface area contributed by atoms with Crippen molar-refractivity contribution in [3.63, 3.8) is 0 Å². The molecule has 3 N–H and O–H groups in total. The van der Waals surface area contributed by atoms with Gasteiger partial charge in [-0.05, 0) is 31.1 Å². The van der Waals surface area contributed by atoms with Crippen LogP contribution in [0.1, 0.15) is 46.5 Å². The fourth-order valence-electron chi connectivity index (χ4n) is 2.07. The van der Waals surface area contributed by atoms with E-state index in [0.29, 0.717) is 25.6 Å². The number of carbonyl (C=O) groups is 2. The molecule has 0 spiro atoms. The van der Waals surface area contributed by atoms with Gasteiger partial charge in [0.05, 0.1) is 0 Å². The van der Waals surface area contributed by atoms with E-state index < -0.39 is 5.97 Å². The molecular formula is C15H30N2O4. The molecule has 2 amide bonds. The van der Waals surface area contributed by atoms with Crippen molar-refractivity contribution in [2.45, 2.75) is 46.5 Å². The Morgan fingerprint density at radius 1 is 1.19 bits per heavy atom. The number of ether oxygens (including phenoxy) is 1. The number of nitrogens with one attached hydrogen (secondary N) is 2. The zero-order valence-corrected chi connectivity index (χ0v) is 13.5. The summed E-state index contributed by atoms with van der Waals surface area (Å²) in [6.07, 6.45) is 2.65. The van der Waals surface area contributed by atoms with Gasteiger partial charge in [0.1, 0.15) is 0 Å². The predicted molar refractivity (Wildman–Crippen MR) is 82.3 cm³/mol. The van der Waals surface area contributed by atoms with E-state index in [-0.39, 0.29) is 18.4 Å². The summed E-state index contributed by atoms with van der Waals surface area (Å²) in [7, 11) is 0. The molecule has 0 aromatic carbocycles. The highest BCUT2D eigenvalue weighted by Crippen LogP contribution is 2.14. The summed E-state index contributed by atoms with van der Waals surface area (Å²) in [5.41, 5.74) is 0. The normalized spacial score (nSPS) is 12.2. The number of hydrogen-bond acceptors (Lipinski definition) is 3. The van der Waals surface area contributed by atoms with Crippen LogP contribution in [0.5, 0.6) is 0 Å². The summed E-state index contributed by atoms with van der Waals surface area (Å²) < 4.78 is 5.31. The molecule has 124 valence electrons. The lowest BCUT2D eigenvalue weighted by Gasteiger charge is -2.18. The van der Waals surface area contributed by atoms with Crippen molar-refractivity contribution >= 4 is 12.0 Å². The summed E-state index contributed by atoms with van der Waals surface area (Å²) in [6.45, 7) is 8.49. The second-order valence-corrected chi connectivity index (χ2v) is 5.70. The fraction of sp³-hybridized carbons (Fsp3) is 0.867. The molecule has 0 bridgehead atoms. The van der Waals surface area contributed by atoms with Gasteiger partial charge in [-0.2, -0.15) is 0 Å². The van der Waals surface area contributed by atoms with Gasteiger partial charge in [0.15, 0.2) is 0 Å². The van der Waals surface area contributed by atoms with Gasteiger partial charge in [-0.1, -0.05) is 20.8 Å². The van der Waals surface area contributed by atoms with Gasteiger partial charge >= 0.3 is 12.0 Å². The molecule has 0 aliphatic carbocycles. The molecular weight excluding hydrogens is 272 g/mol. The molecule has 0 aromatic heterocycles. The largest absolute Gasteiger partial charge is 0.481 e. The molecule has 21 heavy (non-hydrogen) atoms. The van der Waals surface area contributed by atoms with Crippen LogP contribution in [0.3, 0.4) is 0 Å². The zero-order valence-electron chi connectivity index (χ0n) is 13.5. The van der Waals surface area contributed by atoms with Crippen molar-refractivity contribution in [1.82, 2.24) is 10.6 Å². The molecule has 0 radical (unpaired) electrons. The van der Waals surface area contributed by atoms with Crippen molar-refractivity contribution in [2.24, 2.45) is 11.8 Å². The maximum atomic E-state index is 11.6. The van der Waals surface area contributed by atoms with Crippen molar-refractivity contribution in [3.8, 4) is 0 Å². The van der Waals surface area contributed by atoms with Gasteiger partial charge in [0, 0.05) is 32.7 Å². The van der Waals surface area contributed by atoms with Crippen LogP contribution in [0.4, 0.5) is 4.79 Å². The topological polar surface area (TPSA) is 87.7 Å². The van der Waals surface area contributed by atoms with E-state index in [4.69, 9.17) is 9.84 Å². The van der Waals surface area contributed by atoms with Crippen molar-refractivity contribution in [1.29, 1.82) is 0 Å². The minimum Gasteiger partial charge on any atom is -0.481 e. The Kier molecular flexibility index (Phi) is 11.7. The maximum Gasteiger partial charge on any atom is 0.314 e. The molecule has 0 aliphatic heterocycles. The third kappa shape index (κ3) is 13.4. The first-order valence-electron chi connectivity index (χ1n) is 7.76. The fourth-order valence-corrected chi connectivity index (χ4v) is 2.07. The summed E-state index contributed by atoms with van der Waals surface area (Å²) in [5, 5.41) is 14.3. The summed E-state index contributed by atoms with van der Waals surface area (Å²) >= 11 is 0. The monoisotopic (exact) mass is 302 g/mol. The molecule has 0 saturated heterocycles. The molecule has 0 fully saturated rings. The van der Waals surface area contributed by atoms with E-state index in [1.54, 1.807) is 0 Å². The first-order valence-corrected chi connectivity index (χ1v) is 7.76. The maximum absolute atomic E-state index is 11.6. The summed E-state index contributed by atoms with van der Waals surface area (Å²) in [5.74, 6) is -0.438. The third-order valence-corrected chi connectivity index (χ3v) is 2.92. The van der Waals surface area contributed by atoms with E-state index >= 15 is 0 Å². The number of carbonyl (C=O) groups excluding carboxylic acids is 1. The molecule has 6 nitrogen and oxygen atoms in total. The Labute approximate surface area is 127 Å². The molecule has 6 heteroatoms. The van der Waals surface area contributed by atoms with E-state index in [0.717, 1.165) is 25.9 Å². The molecule has 0 aliphatic rings. The van der Waals surface area contributed by atoms with E-state index in [2.05, 4.69) is 17.6 Å². The predicted octanol–water partition coefficient (Wildman–Crippen LogP) is 2.24. The van der Waals surface area contributed by atoms with Crippen LogP contribution in [-0.2, 0) is 9.53 Å². The SMILES string of the molecule is CCCOCCCNC(=O)NCC(CC(=O)O)CC(C)C. The number of amides is 2. The molecule has 0 aromatic rings. The Morgan fingerprint density at radius 2 is 1.90 bits per heavy atom. The van der Waals surface area contributed by atoms with Gasteiger partial charge < -0.3 is 20.5 Å². The van der Waals surface area contributed by atoms with Crippen LogP contribution in [-0.4, -0.2) is 43.4 Å². The van der Waals surface area contributed by atoms with Crippen LogP contribution < -0.4 is 10.6 Å². The van der Waals surface area contributed by atoms with Gasteiger partial charge in [-0.3, -0.25) is 4.79 Å². The van der Waals surface area contributed by atoms with Gasteiger partial charge in [0.25, 0.3) is 0 Å². The highest BCUT2D eigenvalue weighted by atomic mass is 16.5. The summed E-state index contributed by atoms with van der Waals surface area (Å²) in [4.78, 5) is 22.4. The number of urea groups is 1. The second-order valence-electron chi connectivity index (χ2n) is 5.70. The molecule has 0 saturated carbocycles. The lowest BCUT2D eigenvalue weighted by molar-refractivity contribution is -0.138. The molecule has 1 unspecified atom stereocenters. The lowest BCUT2D eigenvalue weighted by atomic mass is 9.94. The molecule has 1 atom stereocenters. The smallest absolute Gasteiger partial charge is 0.314 e. The standard InChI is InChI=1S/C15H30N2O4/c1-4-7-21-8-5-6-16-15(20)17-11-13(9-12(2)3)10-14(18)19/h12-13H,4-11H2,1-3H3,(H,18,19)(H2,16,17,20). The highest BCUT2D eigenvalue weighted by molar-refractivity contribution is 5.74.